The molecule has 1 nitrogen and oxygen atoms in total. The Hall–Kier alpha value is -2.14. The van der Waals surface area contributed by atoms with Crippen molar-refractivity contribution in [3.63, 3.8) is 0 Å². The van der Waals surface area contributed by atoms with Crippen LogP contribution in [-0.4, -0.2) is 24.0 Å². The normalized spacial score (nSPS) is 24.9. The van der Waals surface area contributed by atoms with Crippen LogP contribution < -0.4 is 0 Å². The maximum absolute atomic E-state index is 13.8. The molecule has 0 spiro atoms. The fourth-order valence-electron chi connectivity index (χ4n) is 4.51. The highest BCUT2D eigenvalue weighted by Crippen LogP contribution is 2.40. The molecule has 1 unspecified atom stereocenters. The van der Waals surface area contributed by atoms with Gasteiger partial charge in [0.25, 0.3) is 0 Å². The van der Waals surface area contributed by atoms with E-state index in [1.165, 1.54) is 12.1 Å². The highest BCUT2D eigenvalue weighted by Gasteiger charge is 2.37. The third kappa shape index (κ3) is 3.53. The molecule has 2 bridgehead atoms. The van der Waals surface area contributed by atoms with Crippen LogP contribution in [0.15, 0.2) is 42.5 Å². The second kappa shape index (κ2) is 7.12. The van der Waals surface area contributed by atoms with E-state index in [1.54, 1.807) is 0 Å². The van der Waals surface area contributed by atoms with Gasteiger partial charge < -0.3 is 4.90 Å². The zero-order valence-electron chi connectivity index (χ0n) is 15.1. The van der Waals surface area contributed by atoms with Crippen LogP contribution in [-0.2, 0) is 0 Å². The number of benzene rings is 2. The Balaban J connectivity index is 1.75. The molecular formula is C22H21F4N. The molecule has 0 radical (unpaired) electrons. The summed E-state index contributed by atoms with van der Waals surface area (Å²) in [7, 11) is 2.15. The van der Waals surface area contributed by atoms with Crippen LogP contribution in [0, 0.1) is 29.2 Å². The lowest BCUT2D eigenvalue weighted by Crippen LogP contribution is -2.39. The third-order valence-electron chi connectivity index (χ3n) is 6.00. The monoisotopic (exact) mass is 375 g/mol. The van der Waals surface area contributed by atoms with Gasteiger partial charge in [0, 0.05) is 12.1 Å². The predicted octanol–water partition coefficient (Wildman–Crippen LogP) is 5.55. The predicted molar refractivity (Wildman–Crippen MR) is 97.1 cm³/mol. The summed E-state index contributed by atoms with van der Waals surface area (Å²) < 4.78 is 54.4. The van der Waals surface area contributed by atoms with Gasteiger partial charge in [-0.1, -0.05) is 18.2 Å². The minimum absolute atomic E-state index is 0.259. The average Bonchev–Trinajstić information content (AvgIpc) is 2.85. The zero-order valence-corrected chi connectivity index (χ0v) is 15.1. The summed E-state index contributed by atoms with van der Waals surface area (Å²) >= 11 is 0. The Labute approximate surface area is 156 Å². The summed E-state index contributed by atoms with van der Waals surface area (Å²) in [6.07, 6.45) is 6.31. The minimum Gasteiger partial charge on any atom is -0.300 e. The van der Waals surface area contributed by atoms with E-state index in [1.807, 2.05) is 6.08 Å². The Morgan fingerprint density at radius 3 is 1.74 bits per heavy atom. The van der Waals surface area contributed by atoms with E-state index in [-0.39, 0.29) is 5.92 Å². The van der Waals surface area contributed by atoms with Crippen molar-refractivity contribution in [2.45, 2.75) is 37.8 Å². The van der Waals surface area contributed by atoms with Crippen molar-refractivity contribution >= 4 is 5.57 Å². The largest absolute Gasteiger partial charge is 0.300 e. The first kappa shape index (κ1) is 18.2. The molecule has 142 valence electrons. The van der Waals surface area contributed by atoms with Gasteiger partial charge in [0.2, 0.25) is 0 Å². The molecule has 2 aromatic rings. The van der Waals surface area contributed by atoms with Crippen LogP contribution in [0.5, 0.6) is 0 Å². The summed E-state index contributed by atoms with van der Waals surface area (Å²) in [5.41, 5.74) is 1.54. The maximum atomic E-state index is 13.8. The standard InChI is InChI=1S/C22H21F4N/c1-27-16-4-5-17(27)9-13(8-16)10-18(14-2-6-19(23)21(25)11-14)15-3-7-20(24)22(26)12-15/h2-3,6-7,10-13,16-17H,4-5,8-9H2,1H3/t13?,16-,17+. The first-order valence-corrected chi connectivity index (χ1v) is 9.27. The van der Waals surface area contributed by atoms with Crippen molar-refractivity contribution in [3.05, 3.63) is 76.9 Å². The lowest BCUT2D eigenvalue weighted by atomic mass is 9.86. The van der Waals surface area contributed by atoms with Crippen molar-refractivity contribution in [1.82, 2.24) is 4.90 Å². The minimum atomic E-state index is -0.954. The zero-order chi connectivity index (χ0) is 19.1. The molecule has 2 saturated heterocycles. The van der Waals surface area contributed by atoms with Crippen LogP contribution in [0.4, 0.5) is 17.6 Å². The Morgan fingerprint density at radius 1 is 0.815 bits per heavy atom. The van der Waals surface area contributed by atoms with Crippen molar-refractivity contribution in [2.75, 3.05) is 7.05 Å². The smallest absolute Gasteiger partial charge is 0.159 e. The average molecular weight is 375 g/mol. The Kier molecular flexibility index (Phi) is 4.81. The van der Waals surface area contributed by atoms with Crippen molar-refractivity contribution in [3.8, 4) is 0 Å². The third-order valence-corrected chi connectivity index (χ3v) is 6.00. The van der Waals surface area contributed by atoms with E-state index in [4.69, 9.17) is 0 Å². The summed E-state index contributed by atoms with van der Waals surface area (Å²) in [4.78, 5) is 2.42. The topological polar surface area (TPSA) is 3.24 Å². The van der Waals surface area contributed by atoms with Gasteiger partial charge in [0.05, 0.1) is 0 Å². The van der Waals surface area contributed by atoms with Crippen molar-refractivity contribution < 1.29 is 17.6 Å². The van der Waals surface area contributed by atoms with Gasteiger partial charge >= 0.3 is 0 Å². The second-order valence-corrected chi connectivity index (χ2v) is 7.62. The van der Waals surface area contributed by atoms with Crippen LogP contribution >= 0.6 is 0 Å². The lowest BCUT2D eigenvalue weighted by molar-refractivity contribution is 0.152. The molecule has 5 heteroatoms. The number of fused-ring (bicyclic) bond motifs is 2. The summed E-state index contributed by atoms with van der Waals surface area (Å²) in [6.45, 7) is 0. The number of hydrogen-bond acceptors (Lipinski definition) is 1. The number of rotatable bonds is 3. The van der Waals surface area contributed by atoms with Crippen LogP contribution in [0.25, 0.3) is 5.57 Å². The van der Waals surface area contributed by atoms with E-state index < -0.39 is 23.3 Å². The summed E-state index contributed by atoms with van der Waals surface area (Å²) in [5.74, 6) is -3.51. The van der Waals surface area contributed by atoms with Gasteiger partial charge in [-0.05, 0) is 79.6 Å². The molecule has 2 aliphatic rings. The van der Waals surface area contributed by atoms with Gasteiger partial charge in [-0.25, -0.2) is 17.6 Å². The second-order valence-electron chi connectivity index (χ2n) is 7.62. The number of halogens is 4. The van der Waals surface area contributed by atoms with Gasteiger partial charge in [0.15, 0.2) is 23.3 Å². The van der Waals surface area contributed by atoms with Gasteiger partial charge in [-0.2, -0.15) is 0 Å². The van der Waals surface area contributed by atoms with Crippen LogP contribution in [0.1, 0.15) is 36.8 Å². The first-order chi connectivity index (χ1) is 12.9. The fraction of sp³-hybridized carbons (Fsp3) is 0.364. The quantitative estimate of drug-likeness (QED) is 0.636. The molecule has 4 rings (SSSR count). The molecule has 2 fully saturated rings. The number of nitrogens with zero attached hydrogens (tertiary/aromatic N) is 1. The molecule has 2 heterocycles. The van der Waals surface area contributed by atoms with E-state index >= 15 is 0 Å². The summed E-state index contributed by atoms with van der Waals surface area (Å²) in [5, 5.41) is 0. The molecule has 0 amide bonds. The fourth-order valence-corrected chi connectivity index (χ4v) is 4.51. The lowest BCUT2D eigenvalue weighted by Gasteiger charge is -2.35. The molecule has 0 N–H and O–H groups in total. The van der Waals surface area contributed by atoms with Gasteiger partial charge in [-0.3, -0.25) is 0 Å². The number of piperidine rings is 1. The highest BCUT2D eigenvalue weighted by molar-refractivity contribution is 5.80. The van der Waals surface area contributed by atoms with Crippen molar-refractivity contribution in [1.29, 1.82) is 0 Å². The van der Waals surface area contributed by atoms with E-state index in [0.717, 1.165) is 49.9 Å². The molecule has 2 aliphatic heterocycles. The molecule has 0 aliphatic carbocycles. The van der Waals surface area contributed by atoms with E-state index in [0.29, 0.717) is 28.8 Å². The van der Waals surface area contributed by atoms with Crippen LogP contribution in [0.2, 0.25) is 0 Å². The van der Waals surface area contributed by atoms with E-state index in [9.17, 15) is 17.6 Å². The molecule has 3 atom stereocenters. The SMILES string of the molecule is CN1[C@@H]2CC[C@H]1CC(C=C(c1ccc(F)c(F)c1)c1ccc(F)c(F)c1)C2. The van der Waals surface area contributed by atoms with Gasteiger partial charge in [-0.15, -0.1) is 0 Å². The molecule has 2 aromatic carbocycles. The molecule has 27 heavy (non-hydrogen) atoms. The maximum Gasteiger partial charge on any atom is 0.159 e. The number of hydrogen-bond donors (Lipinski definition) is 0. The van der Waals surface area contributed by atoms with Crippen molar-refractivity contribution in [2.24, 2.45) is 5.92 Å². The molecule has 0 saturated carbocycles. The highest BCUT2D eigenvalue weighted by atomic mass is 19.2. The Morgan fingerprint density at radius 2 is 1.30 bits per heavy atom. The molecule has 0 aromatic heterocycles. The van der Waals surface area contributed by atoms with Gasteiger partial charge in [0.1, 0.15) is 0 Å². The Bertz CT molecular complexity index is 824. The molecular weight excluding hydrogens is 354 g/mol. The first-order valence-electron chi connectivity index (χ1n) is 9.27. The number of allylic oxidation sites excluding steroid dienone is 1. The van der Waals surface area contributed by atoms with Crippen LogP contribution in [0.3, 0.4) is 0 Å². The van der Waals surface area contributed by atoms with E-state index in [2.05, 4.69) is 11.9 Å². The summed E-state index contributed by atoms with van der Waals surface area (Å²) in [6, 6.07) is 8.36.